The van der Waals surface area contributed by atoms with Gasteiger partial charge in [-0.25, -0.2) is 4.98 Å². The fourth-order valence-electron chi connectivity index (χ4n) is 2.02. The molecule has 0 aliphatic heterocycles. The molecule has 0 aliphatic carbocycles. The van der Waals surface area contributed by atoms with Crippen molar-refractivity contribution < 1.29 is 10.2 Å². The van der Waals surface area contributed by atoms with Crippen LogP contribution in [0, 0.1) is 0 Å². The van der Waals surface area contributed by atoms with Gasteiger partial charge in [0.2, 0.25) is 0 Å². The number of phenolic OH excluding ortho intramolecular Hbond substituents is 2. The topological polar surface area (TPSA) is 66.2 Å². The summed E-state index contributed by atoms with van der Waals surface area (Å²) in [4.78, 5) is 4.53. The Labute approximate surface area is 126 Å². The van der Waals surface area contributed by atoms with Crippen LogP contribution in [0.5, 0.6) is 11.5 Å². The van der Waals surface area contributed by atoms with Crippen LogP contribution < -0.4 is 0 Å². The van der Waals surface area contributed by atoms with Crippen molar-refractivity contribution >= 4 is 11.5 Å². The van der Waals surface area contributed by atoms with Crippen LogP contribution in [-0.2, 0) is 12.8 Å². The van der Waals surface area contributed by atoms with E-state index in [1.54, 1.807) is 24.3 Å². The average molecular weight is 298 g/mol. The number of hydrogen-bond acceptors (Lipinski definition) is 5. The van der Waals surface area contributed by atoms with Crippen molar-refractivity contribution in [1.29, 1.82) is 0 Å². The lowest BCUT2D eigenvalue weighted by Gasteiger charge is -1.98. The van der Waals surface area contributed by atoms with Crippen LogP contribution in [0.3, 0.4) is 0 Å². The maximum atomic E-state index is 9.27. The molecule has 0 fully saturated rings. The summed E-state index contributed by atoms with van der Waals surface area (Å²) in [5, 5.41) is 19.5. The van der Waals surface area contributed by atoms with Gasteiger partial charge in [-0.3, -0.25) is 0 Å². The van der Waals surface area contributed by atoms with Crippen LogP contribution in [0.4, 0.5) is 0 Å². The Bertz CT molecular complexity index is 659. The number of aromatic nitrogens is 2. The summed E-state index contributed by atoms with van der Waals surface area (Å²) in [6.45, 7) is 0. The molecule has 0 aliphatic rings. The van der Waals surface area contributed by atoms with Gasteiger partial charge in [0.25, 0.3) is 0 Å². The monoisotopic (exact) mass is 298 g/mol. The van der Waals surface area contributed by atoms with Crippen molar-refractivity contribution in [2.45, 2.75) is 12.8 Å². The molecular formula is C16H14N2O2S. The zero-order valence-electron chi connectivity index (χ0n) is 11.2. The van der Waals surface area contributed by atoms with Crippen molar-refractivity contribution in [1.82, 2.24) is 9.36 Å². The maximum Gasteiger partial charge on any atom is 0.146 e. The number of nitrogens with zero attached hydrogens (tertiary/aromatic N) is 2. The maximum absolute atomic E-state index is 9.27. The quantitative estimate of drug-likeness (QED) is 0.776. The normalized spacial score (nSPS) is 10.7. The molecule has 0 saturated heterocycles. The molecule has 2 N–H and O–H groups in total. The summed E-state index contributed by atoms with van der Waals surface area (Å²) in [5.41, 5.74) is 2.17. The van der Waals surface area contributed by atoms with E-state index in [1.807, 2.05) is 24.3 Å². The van der Waals surface area contributed by atoms with Gasteiger partial charge in [-0.2, -0.15) is 4.37 Å². The van der Waals surface area contributed by atoms with Gasteiger partial charge in [-0.1, -0.05) is 24.3 Å². The Balaban J connectivity index is 1.68. The highest BCUT2D eigenvalue weighted by molar-refractivity contribution is 7.05. The molecule has 21 heavy (non-hydrogen) atoms. The third-order valence-electron chi connectivity index (χ3n) is 3.10. The van der Waals surface area contributed by atoms with E-state index in [1.165, 1.54) is 11.5 Å². The molecule has 0 saturated carbocycles. The van der Waals surface area contributed by atoms with Crippen LogP contribution in [0.2, 0.25) is 0 Å². The molecule has 0 unspecified atom stereocenters. The fourth-order valence-corrected chi connectivity index (χ4v) is 2.71. The summed E-state index contributed by atoms with van der Waals surface area (Å²) in [6, 6.07) is 14.2. The zero-order chi connectivity index (χ0) is 14.7. The lowest BCUT2D eigenvalue weighted by atomic mass is 10.1. The van der Waals surface area contributed by atoms with Gasteiger partial charge in [0.1, 0.15) is 22.3 Å². The predicted molar refractivity (Wildman–Crippen MR) is 81.7 cm³/mol. The van der Waals surface area contributed by atoms with E-state index in [4.69, 9.17) is 0 Å². The van der Waals surface area contributed by atoms with Crippen molar-refractivity contribution in [3.8, 4) is 11.5 Å². The zero-order valence-corrected chi connectivity index (χ0v) is 12.0. The first kappa shape index (κ1) is 13.6. The molecule has 0 atom stereocenters. The minimum atomic E-state index is 0.262. The lowest BCUT2D eigenvalue weighted by Crippen LogP contribution is -1.92. The second-order valence-electron chi connectivity index (χ2n) is 4.79. The Morgan fingerprint density at radius 3 is 1.86 bits per heavy atom. The molecule has 4 nitrogen and oxygen atoms in total. The SMILES string of the molecule is Oc1ccc(Cc2nsc(Cc3ccc(O)cc3)n2)cc1. The fraction of sp³-hybridized carbons (Fsp3) is 0.125. The minimum absolute atomic E-state index is 0.262. The Morgan fingerprint density at radius 1 is 0.762 bits per heavy atom. The molecule has 1 aromatic heterocycles. The summed E-state index contributed by atoms with van der Waals surface area (Å²) in [5.74, 6) is 1.32. The van der Waals surface area contributed by atoms with Crippen molar-refractivity contribution in [3.63, 3.8) is 0 Å². The molecule has 0 bridgehead atoms. The first-order valence-corrected chi connectivity index (χ1v) is 7.34. The van der Waals surface area contributed by atoms with Crippen LogP contribution in [0.1, 0.15) is 22.0 Å². The van der Waals surface area contributed by atoms with E-state index in [9.17, 15) is 10.2 Å². The second-order valence-corrected chi connectivity index (χ2v) is 5.63. The average Bonchev–Trinajstić information content (AvgIpc) is 2.91. The first-order chi connectivity index (χ1) is 10.2. The molecular weight excluding hydrogens is 284 g/mol. The van der Waals surface area contributed by atoms with Gasteiger partial charge in [-0.05, 0) is 46.9 Å². The highest BCUT2D eigenvalue weighted by Crippen LogP contribution is 2.17. The number of rotatable bonds is 4. The van der Waals surface area contributed by atoms with Gasteiger partial charge in [0, 0.05) is 12.8 Å². The minimum Gasteiger partial charge on any atom is -0.508 e. The number of benzene rings is 2. The van der Waals surface area contributed by atoms with E-state index >= 15 is 0 Å². The number of hydrogen-bond donors (Lipinski definition) is 2. The molecule has 1 heterocycles. The van der Waals surface area contributed by atoms with Crippen LogP contribution >= 0.6 is 11.5 Å². The van der Waals surface area contributed by atoms with E-state index in [2.05, 4.69) is 9.36 Å². The molecule has 2 aromatic carbocycles. The highest BCUT2D eigenvalue weighted by atomic mass is 32.1. The number of phenols is 2. The second kappa shape index (κ2) is 5.93. The Kier molecular flexibility index (Phi) is 3.83. The van der Waals surface area contributed by atoms with E-state index in [0.717, 1.165) is 22.0 Å². The van der Waals surface area contributed by atoms with Gasteiger partial charge in [-0.15, -0.1) is 0 Å². The van der Waals surface area contributed by atoms with Crippen molar-refractivity contribution in [2.24, 2.45) is 0 Å². The van der Waals surface area contributed by atoms with Gasteiger partial charge in [0.15, 0.2) is 0 Å². The van der Waals surface area contributed by atoms with E-state index < -0.39 is 0 Å². The smallest absolute Gasteiger partial charge is 0.146 e. The lowest BCUT2D eigenvalue weighted by molar-refractivity contribution is 0.474. The van der Waals surface area contributed by atoms with Crippen molar-refractivity contribution in [2.75, 3.05) is 0 Å². The largest absolute Gasteiger partial charge is 0.508 e. The molecule has 0 radical (unpaired) electrons. The molecule has 106 valence electrons. The predicted octanol–water partition coefficient (Wildman–Crippen LogP) is 3.13. The summed E-state index contributed by atoms with van der Waals surface area (Å²) >= 11 is 1.40. The summed E-state index contributed by atoms with van der Waals surface area (Å²) in [6.07, 6.45) is 1.37. The Morgan fingerprint density at radius 2 is 1.29 bits per heavy atom. The van der Waals surface area contributed by atoms with Gasteiger partial charge in [0.05, 0.1) is 0 Å². The van der Waals surface area contributed by atoms with E-state index in [-0.39, 0.29) is 11.5 Å². The van der Waals surface area contributed by atoms with Gasteiger partial charge >= 0.3 is 0 Å². The first-order valence-electron chi connectivity index (χ1n) is 6.56. The van der Waals surface area contributed by atoms with Crippen molar-refractivity contribution in [3.05, 3.63) is 70.5 Å². The third kappa shape index (κ3) is 3.58. The Hall–Kier alpha value is -2.40. The molecule has 0 spiro atoms. The molecule has 0 amide bonds. The van der Waals surface area contributed by atoms with Crippen LogP contribution in [0.25, 0.3) is 0 Å². The number of aromatic hydroxyl groups is 2. The highest BCUT2D eigenvalue weighted by Gasteiger charge is 2.06. The summed E-state index contributed by atoms with van der Waals surface area (Å²) in [7, 11) is 0. The standard InChI is InChI=1S/C16H14N2O2S/c19-13-5-1-11(2-6-13)9-15-17-16(21-18-15)10-12-3-7-14(20)8-4-12/h1-8,19-20H,9-10H2. The van der Waals surface area contributed by atoms with Gasteiger partial charge < -0.3 is 10.2 Å². The third-order valence-corrected chi connectivity index (χ3v) is 3.85. The molecule has 5 heteroatoms. The summed E-state index contributed by atoms with van der Waals surface area (Å²) < 4.78 is 4.37. The van der Waals surface area contributed by atoms with Crippen LogP contribution in [0.15, 0.2) is 48.5 Å². The van der Waals surface area contributed by atoms with Crippen LogP contribution in [-0.4, -0.2) is 19.6 Å². The molecule has 3 aromatic rings. The molecule has 3 rings (SSSR count). The van der Waals surface area contributed by atoms with E-state index in [0.29, 0.717) is 12.8 Å².